The molecule has 2 nitrogen and oxygen atoms in total. The van der Waals surface area contributed by atoms with Gasteiger partial charge in [-0.05, 0) is 36.6 Å². The molecule has 0 aliphatic carbocycles. The Morgan fingerprint density at radius 3 is 2.07 bits per heavy atom. The van der Waals surface area contributed by atoms with Gasteiger partial charge in [-0.2, -0.15) is 0 Å². The van der Waals surface area contributed by atoms with Crippen molar-refractivity contribution in [3.63, 3.8) is 0 Å². The van der Waals surface area contributed by atoms with Crippen LogP contribution in [0.2, 0.25) is 19.6 Å². The fourth-order valence-electron chi connectivity index (χ4n) is 4.95. The van der Waals surface area contributed by atoms with Crippen LogP contribution in [0.15, 0.2) is 84.1 Å². The summed E-state index contributed by atoms with van der Waals surface area (Å²) in [6.45, 7) is 16.7. The van der Waals surface area contributed by atoms with E-state index in [1.54, 1.807) is 0 Å². The van der Waals surface area contributed by atoms with E-state index in [2.05, 4.69) is 81.4 Å². The third-order valence-corrected chi connectivity index (χ3v) is 8.78. The highest BCUT2D eigenvalue weighted by molar-refractivity contribution is 6.83. The summed E-state index contributed by atoms with van der Waals surface area (Å²) in [6, 6.07) is 21.7. The van der Waals surface area contributed by atoms with Gasteiger partial charge < -0.3 is 5.11 Å². The van der Waals surface area contributed by atoms with Crippen LogP contribution in [0.4, 0.5) is 0 Å². The van der Waals surface area contributed by atoms with Crippen LogP contribution in [0.25, 0.3) is 0 Å². The third-order valence-electron chi connectivity index (χ3n) is 6.57. The molecule has 0 bridgehead atoms. The lowest BCUT2D eigenvalue weighted by molar-refractivity contribution is 0.124. The van der Waals surface area contributed by atoms with E-state index in [1.165, 1.54) is 16.3 Å². The number of benzene rings is 2. The minimum atomic E-state index is -1.79. The number of hydrogen-bond acceptors (Lipinski definition) is 2. The van der Waals surface area contributed by atoms with E-state index in [9.17, 15) is 5.11 Å². The van der Waals surface area contributed by atoms with Gasteiger partial charge in [-0.1, -0.05) is 92.0 Å². The maximum Gasteiger partial charge on any atom is 0.0969 e. The third kappa shape index (κ3) is 4.85. The summed E-state index contributed by atoms with van der Waals surface area (Å²) in [7, 11) is -1.79. The second-order valence-electron chi connectivity index (χ2n) is 9.69. The lowest BCUT2D eigenvalue weighted by atomic mass is 9.84. The molecule has 1 aliphatic rings. The van der Waals surface area contributed by atoms with Crippen molar-refractivity contribution < 1.29 is 5.11 Å². The molecule has 1 saturated heterocycles. The van der Waals surface area contributed by atoms with Gasteiger partial charge in [0, 0.05) is 24.5 Å². The van der Waals surface area contributed by atoms with Gasteiger partial charge in [0.05, 0.1) is 14.2 Å². The molecule has 1 N–H and O–H groups in total. The number of allylic oxidation sites excluding steroid dienone is 1. The molecular formula is C27H37NOSi. The molecule has 0 spiro atoms. The Labute approximate surface area is 184 Å². The first-order valence-corrected chi connectivity index (χ1v) is 14.6. The molecule has 30 heavy (non-hydrogen) atoms. The van der Waals surface area contributed by atoms with E-state index in [0.29, 0.717) is 18.0 Å². The van der Waals surface area contributed by atoms with Crippen molar-refractivity contribution in [1.82, 2.24) is 4.90 Å². The molecule has 3 rings (SSSR count). The second kappa shape index (κ2) is 9.46. The first-order chi connectivity index (χ1) is 14.2. The van der Waals surface area contributed by atoms with Crippen molar-refractivity contribution in [2.24, 2.45) is 5.92 Å². The normalized spacial score (nSPS) is 24.2. The molecule has 0 aromatic heterocycles. The molecule has 1 unspecified atom stereocenters. The highest BCUT2D eigenvalue weighted by atomic mass is 28.3. The van der Waals surface area contributed by atoms with E-state index in [1.807, 2.05) is 30.3 Å². The molecular weight excluding hydrogens is 382 g/mol. The maximum atomic E-state index is 11.5. The van der Waals surface area contributed by atoms with Crippen LogP contribution in [0.5, 0.6) is 0 Å². The van der Waals surface area contributed by atoms with Gasteiger partial charge in [0.1, 0.15) is 0 Å². The largest absolute Gasteiger partial charge is 0.384 e. The number of rotatable bonds is 6. The van der Waals surface area contributed by atoms with Gasteiger partial charge >= 0.3 is 0 Å². The predicted octanol–water partition coefficient (Wildman–Crippen LogP) is 6.55. The van der Waals surface area contributed by atoms with E-state index >= 15 is 0 Å². The predicted molar refractivity (Wildman–Crippen MR) is 131 cm³/mol. The first kappa shape index (κ1) is 22.7. The van der Waals surface area contributed by atoms with Crippen molar-refractivity contribution in [2.75, 3.05) is 6.54 Å². The number of hydrogen-bond donors (Lipinski definition) is 1. The van der Waals surface area contributed by atoms with Crippen LogP contribution in [-0.2, 0) is 0 Å². The number of piperidine rings is 1. The number of likely N-dealkylation sites (tertiary alicyclic amines) is 1. The van der Waals surface area contributed by atoms with Gasteiger partial charge in [0.25, 0.3) is 0 Å². The fraction of sp³-hybridized carbons (Fsp3) is 0.407. The second-order valence-corrected chi connectivity index (χ2v) is 14.7. The Kier molecular flexibility index (Phi) is 7.17. The van der Waals surface area contributed by atoms with Crippen LogP contribution in [0.1, 0.15) is 43.5 Å². The highest BCUT2D eigenvalue weighted by Crippen LogP contribution is 2.41. The number of aliphatic hydroxyl groups is 1. The first-order valence-electron chi connectivity index (χ1n) is 11.1. The Bertz CT molecular complexity index is 869. The summed E-state index contributed by atoms with van der Waals surface area (Å²) in [4.78, 5) is 2.60. The zero-order valence-corrected chi connectivity index (χ0v) is 20.2. The maximum absolute atomic E-state index is 11.5. The molecule has 1 fully saturated rings. The summed E-state index contributed by atoms with van der Waals surface area (Å²) in [5.74, 6) is 0.319. The van der Waals surface area contributed by atoms with Crippen LogP contribution in [-0.4, -0.2) is 30.7 Å². The van der Waals surface area contributed by atoms with E-state index < -0.39 is 14.2 Å². The van der Waals surface area contributed by atoms with Crippen LogP contribution in [0, 0.1) is 5.92 Å². The van der Waals surface area contributed by atoms with Gasteiger partial charge in [0.15, 0.2) is 0 Å². The minimum absolute atomic E-state index is 0.319. The minimum Gasteiger partial charge on any atom is -0.384 e. The van der Waals surface area contributed by atoms with Crippen molar-refractivity contribution in [1.29, 1.82) is 0 Å². The summed E-state index contributed by atoms with van der Waals surface area (Å²) in [5, 5.41) is 12.8. The van der Waals surface area contributed by atoms with Crippen LogP contribution >= 0.6 is 0 Å². The molecule has 0 amide bonds. The van der Waals surface area contributed by atoms with Gasteiger partial charge in [0.2, 0.25) is 0 Å². The molecule has 1 aliphatic heterocycles. The number of aliphatic hydroxyl groups excluding tert-OH is 1. The van der Waals surface area contributed by atoms with Crippen molar-refractivity contribution in [2.45, 2.75) is 58.1 Å². The van der Waals surface area contributed by atoms with Crippen molar-refractivity contribution in [3.05, 3.63) is 95.2 Å². The summed E-state index contributed by atoms with van der Waals surface area (Å²) in [6.07, 6.45) is 2.61. The lowest BCUT2D eigenvalue weighted by Crippen LogP contribution is -2.45. The zero-order chi connectivity index (χ0) is 21.9. The quantitative estimate of drug-likeness (QED) is 0.424. The smallest absolute Gasteiger partial charge is 0.0969 e. The highest BCUT2D eigenvalue weighted by Gasteiger charge is 2.37. The van der Waals surface area contributed by atoms with Crippen molar-refractivity contribution >= 4 is 8.07 Å². The summed E-state index contributed by atoms with van der Waals surface area (Å²) < 4.78 is 0. The molecule has 0 radical (unpaired) electrons. The average Bonchev–Trinajstić information content (AvgIpc) is 2.74. The lowest BCUT2D eigenvalue weighted by Gasteiger charge is -2.45. The van der Waals surface area contributed by atoms with E-state index in [-0.39, 0.29) is 0 Å². The Morgan fingerprint density at radius 2 is 1.57 bits per heavy atom. The molecule has 1 heterocycles. The zero-order valence-electron chi connectivity index (χ0n) is 19.2. The molecule has 3 heteroatoms. The van der Waals surface area contributed by atoms with E-state index in [0.717, 1.165) is 18.5 Å². The van der Waals surface area contributed by atoms with Gasteiger partial charge in [-0.15, -0.1) is 6.58 Å². The van der Waals surface area contributed by atoms with Crippen LogP contribution in [0.3, 0.4) is 0 Å². The molecule has 0 saturated carbocycles. The monoisotopic (exact) mass is 419 g/mol. The van der Waals surface area contributed by atoms with Crippen LogP contribution < -0.4 is 0 Å². The summed E-state index contributed by atoms with van der Waals surface area (Å²) in [5.41, 5.74) is 3.73. The average molecular weight is 420 g/mol. The topological polar surface area (TPSA) is 23.5 Å². The molecule has 2 aromatic rings. The van der Waals surface area contributed by atoms with Crippen molar-refractivity contribution in [3.8, 4) is 0 Å². The van der Waals surface area contributed by atoms with E-state index in [4.69, 9.17) is 0 Å². The van der Waals surface area contributed by atoms with Gasteiger partial charge in [-0.3, -0.25) is 4.90 Å². The molecule has 4 atom stereocenters. The Balaban J connectivity index is 2.07. The SMILES string of the molecule is C=C[C@H]1C[C@@H](C)N([C@H](C)c2ccccc2)C/C1=C(\C(O)c1ccccc1)[Si](C)(C)C. The Morgan fingerprint density at radius 1 is 1.03 bits per heavy atom. The Hall–Kier alpha value is -1.94. The summed E-state index contributed by atoms with van der Waals surface area (Å²) >= 11 is 0. The van der Waals surface area contributed by atoms with Gasteiger partial charge in [-0.25, -0.2) is 0 Å². The number of nitrogens with zero attached hydrogens (tertiary/aromatic N) is 1. The molecule has 2 aromatic carbocycles. The standard InChI is InChI=1S/C27H37NOSi/c1-7-22-18-20(2)28(21(3)23-14-10-8-11-15-23)19-25(22)27(30(4,5)6)26(29)24-16-12-9-13-17-24/h7-17,20-22,26,29H,1,18-19H2,2-6H3/b27-25-/t20-,21-,22+,26?/m1/s1. The fourth-order valence-corrected chi connectivity index (χ4v) is 7.16. The molecule has 160 valence electrons.